The first kappa shape index (κ1) is 14.3. The van der Waals surface area contributed by atoms with Gasteiger partial charge in [-0.05, 0) is 25.5 Å². The van der Waals surface area contributed by atoms with Crippen LogP contribution in [0.3, 0.4) is 0 Å². The van der Waals surface area contributed by atoms with Gasteiger partial charge in [0.05, 0.1) is 18.5 Å². The van der Waals surface area contributed by atoms with Crippen LogP contribution in [0.1, 0.15) is 20.3 Å². The Morgan fingerprint density at radius 2 is 2.11 bits per heavy atom. The third-order valence-electron chi connectivity index (χ3n) is 3.11. The smallest absolute Gasteiger partial charge is 0.256 e. The van der Waals surface area contributed by atoms with Gasteiger partial charge in [0.25, 0.3) is 5.91 Å². The number of hydrogen-bond donors (Lipinski definition) is 2. The second kappa shape index (κ2) is 5.73. The van der Waals surface area contributed by atoms with E-state index in [0.717, 1.165) is 0 Å². The third-order valence-corrected chi connectivity index (χ3v) is 3.11. The van der Waals surface area contributed by atoms with E-state index in [9.17, 15) is 4.79 Å². The summed E-state index contributed by atoms with van der Waals surface area (Å²) in [5.74, 6) is 0.430. The van der Waals surface area contributed by atoms with Crippen LogP contribution in [0.4, 0.5) is 11.4 Å². The first-order chi connectivity index (χ1) is 8.46. The highest BCUT2D eigenvalue weighted by Crippen LogP contribution is 2.26. The van der Waals surface area contributed by atoms with Crippen LogP contribution in [0.2, 0.25) is 0 Å². The molecule has 3 N–H and O–H groups in total. The Morgan fingerprint density at radius 3 is 2.56 bits per heavy atom. The number of nitrogens with two attached hydrogens (primary N) is 1. The van der Waals surface area contributed by atoms with Gasteiger partial charge in [0.2, 0.25) is 0 Å². The van der Waals surface area contributed by atoms with Gasteiger partial charge < -0.3 is 20.5 Å². The van der Waals surface area contributed by atoms with E-state index in [4.69, 9.17) is 15.2 Å². The Labute approximate surface area is 107 Å². The molecule has 0 fully saturated rings. The quantitative estimate of drug-likeness (QED) is 0.786. The van der Waals surface area contributed by atoms with E-state index in [0.29, 0.717) is 23.5 Å². The molecular weight excluding hydrogens is 232 g/mol. The molecule has 5 nitrogen and oxygen atoms in total. The standard InChI is InChI=1S/C13H20N2O3/c1-5-13(2,18-4)12(16)15-11-7-6-9(17-3)8-10(11)14/h6-8H,5,14H2,1-4H3,(H,15,16). The van der Waals surface area contributed by atoms with Crippen LogP contribution < -0.4 is 15.8 Å². The van der Waals surface area contributed by atoms with Crippen molar-refractivity contribution in [2.45, 2.75) is 25.9 Å². The van der Waals surface area contributed by atoms with Crippen molar-refractivity contribution in [2.75, 3.05) is 25.3 Å². The normalized spacial score (nSPS) is 13.8. The summed E-state index contributed by atoms with van der Waals surface area (Å²) in [6.45, 7) is 3.63. The van der Waals surface area contributed by atoms with Gasteiger partial charge in [0, 0.05) is 13.2 Å². The number of carbonyl (C=O) groups excluding carboxylic acids is 1. The minimum atomic E-state index is -0.855. The van der Waals surface area contributed by atoms with Gasteiger partial charge in [-0.15, -0.1) is 0 Å². The molecule has 1 aromatic rings. The second-order valence-corrected chi connectivity index (χ2v) is 4.20. The van der Waals surface area contributed by atoms with E-state index in [1.165, 1.54) is 7.11 Å². The van der Waals surface area contributed by atoms with E-state index >= 15 is 0 Å². The van der Waals surface area contributed by atoms with Gasteiger partial charge >= 0.3 is 0 Å². The molecule has 1 unspecified atom stereocenters. The minimum Gasteiger partial charge on any atom is -0.497 e. The molecule has 1 rings (SSSR count). The molecule has 1 atom stereocenters. The predicted octanol–water partition coefficient (Wildman–Crippen LogP) is 2.03. The average molecular weight is 252 g/mol. The highest BCUT2D eigenvalue weighted by molar-refractivity contribution is 5.99. The molecule has 18 heavy (non-hydrogen) atoms. The summed E-state index contributed by atoms with van der Waals surface area (Å²) < 4.78 is 10.3. The number of carbonyl (C=O) groups is 1. The van der Waals surface area contributed by atoms with Gasteiger partial charge in [-0.3, -0.25) is 4.79 Å². The summed E-state index contributed by atoms with van der Waals surface area (Å²) in [4.78, 5) is 12.1. The van der Waals surface area contributed by atoms with Crippen molar-refractivity contribution >= 4 is 17.3 Å². The summed E-state index contributed by atoms with van der Waals surface area (Å²) in [7, 11) is 3.08. The van der Waals surface area contributed by atoms with Gasteiger partial charge in [0.1, 0.15) is 11.4 Å². The van der Waals surface area contributed by atoms with Gasteiger partial charge in [-0.25, -0.2) is 0 Å². The maximum Gasteiger partial charge on any atom is 0.256 e. The number of rotatable bonds is 5. The number of amides is 1. The van der Waals surface area contributed by atoms with Crippen molar-refractivity contribution in [3.63, 3.8) is 0 Å². The monoisotopic (exact) mass is 252 g/mol. The van der Waals surface area contributed by atoms with E-state index in [-0.39, 0.29) is 5.91 Å². The van der Waals surface area contributed by atoms with Gasteiger partial charge in [-0.2, -0.15) is 0 Å². The Kier molecular flexibility index (Phi) is 4.55. The maximum absolute atomic E-state index is 12.1. The molecule has 0 heterocycles. The van der Waals surface area contributed by atoms with Crippen LogP contribution in [-0.4, -0.2) is 25.7 Å². The number of methoxy groups -OCH3 is 2. The molecule has 0 saturated heterocycles. The molecular formula is C13H20N2O3. The van der Waals surface area contributed by atoms with Crippen LogP contribution >= 0.6 is 0 Å². The van der Waals surface area contributed by atoms with Crippen molar-refractivity contribution in [3.8, 4) is 5.75 Å². The highest BCUT2D eigenvalue weighted by Gasteiger charge is 2.31. The fourth-order valence-corrected chi connectivity index (χ4v) is 1.43. The summed E-state index contributed by atoms with van der Waals surface area (Å²) in [6.07, 6.45) is 0.575. The SMILES string of the molecule is CCC(C)(OC)C(=O)Nc1ccc(OC)cc1N. The summed E-state index contributed by atoms with van der Waals surface area (Å²) in [6, 6.07) is 5.10. The number of nitrogen functional groups attached to an aromatic ring is 1. The van der Waals surface area contributed by atoms with Gasteiger partial charge in [-0.1, -0.05) is 6.92 Å². The average Bonchev–Trinajstić information content (AvgIpc) is 2.39. The molecule has 0 spiro atoms. The Morgan fingerprint density at radius 1 is 1.44 bits per heavy atom. The lowest BCUT2D eigenvalue weighted by Crippen LogP contribution is -2.41. The zero-order chi connectivity index (χ0) is 13.8. The molecule has 0 aliphatic rings. The number of nitrogens with one attached hydrogen (secondary N) is 1. The largest absolute Gasteiger partial charge is 0.497 e. The lowest BCUT2D eigenvalue weighted by atomic mass is 10.0. The van der Waals surface area contributed by atoms with E-state index in [1.54, 1.807) is 32.2 Å². The Bertz CT molecular complexity index is 428. The molecule has 0 saturated carbocycles. The molecule has 5 heteroatoms. The molecule has 100 valence electrons. The zero-order valence-electron chi connectivity index (χ0n) is 11.2. The predicted molar refractivity (Wildman–Crippen MR) is 71.7 cm³/mol. The lowest BCUT2D eigenvalue weighted by Gasteiger charge is -2.25. The van der Waals surface area contributed by atoms with Crippen LogP contribution in [0.15, 0.2) is 18.2 Å². The van der Waals surface area contributed by atoms with E-state index in [2.05, 4.69) is 5.32 Å². The lowest BCUT2D eigenvalue weighted by molar-refractivity contribution is -0.136. The molecule has 0 radical (unpaired) electrons. The van der Waals surface area contributed by atoms with Gasteiger partial charge in [0.15, 0.2) is 0 Å². The number of benzene rings is 1. The van der Waals surface area contributed by atoms with Crippen molar-refractivity contribution in [1.82, 2.24) is 0 Å². The first-order valence-corrected chi connectivity index (χ1v) is 5.77. The fraction of sp³-hybridized carbons (Fsp3) is 0.462. The van der Waals surface area contributed by atoms with Crippen LogP contribution in [0.5, 0.6) is 5.75 Å². The number of hydrogen-bond acceptors (Lipinski definition) is 4. The number of anilines is 2. The second-order valence-electron chi connectivity index (χ2n) is 4.20. The first-order valence-electron chi connectivity index (χ1n) is 5.77. The van der Waals surface area contributed by atoms with Crippen LogP contribution in [0, 0.1) is 0 Å². The summed E-state index contributed by atoms with van der Waals surface area (Å²) >= 11 is 0. The topological polar surface area (TPSA) is 73.6 Å². The van der Waals surface area contributed by atoms with Crippen LogP contribution in [0.25, 0.3) is 0 Å². The van der Waals surface area contributed by atoms with Crippen molar-refractivity contribution < 1.29 is 14.3 Å². The maximum atomic E-state index is 12.1. The van der Waals surface area contributed by atoms with Crippen molar-refractivity contribution in [2.24, 2.45) is 0 Å². The Hall–Kier alpha value is -1.75. The third kappa shape index (κ3) is 2.92. The molecule has 1 amide bonds. The molecule has 1 aromatic carbocycles. The molecule has 0 aliphatic carbocycles. The zero-order valence-corrected chi connectivity index (χ0v) is 11.2. The van der Waals surface area contributed by atoms with Crippen LogP contribution in [-0.2, 0) is 9.53 Å². The summed E-state index contributed by atoms with van der Waals surface area (Å²) in [5.41, 5.74) is 5.99. The minimum absolute atomic E-state index is 0.218. The molecule has 0 aliphatic heterocycles. The highest BCUT2D eigenvalue weighted by atomic mass is 16.5. The van der Waals surface area contributed by atoms with Crippen molar-refractivity contribution in [3.05, 3.63) is 18.2 Å². The fourth-order valence-electron chi connectivity index (χ4n) is 1.43. The van der Waals surface area contributed by atoms with Crippen molar-refractivity contribution in [1.29, 1.82) is 0 Å². The summed E-state index contributed by atoms with van der Waals surface area (Å²) in [5, 5.41) is 2.76. The molecule has 0 aromatic heterocycles. The van der Waals surface area contributed by atoms with E-state index < -0.39 is 5.60 Å². The number of ether oxygens (including phenoxy) is 2. The van der Waals surface area contributed by atoms with E-state index in [1.807, 2.05) is 6.92 Å². The Balaban J connectivity index is 2.88. The molecule has 0 bridgehead atoms.